The molecule has 1 aliphatic rings. The SMILES string of the molecule is CCOc1cc(N2CCOCC2)c(OCC)cc1NC(=O)C[NH+](C)Cc1ccco1. The minimum Gasteiger partial charge on any atom is -0.492 e. The van der Waals surface area contributed by atoms with Gasteiger partial charge in [0.25, 0.3) is 5.91 Å². The Hall–Kier alpha value is -2.71. The zero-order chi connectivity index (χ0) is 21.3. The molecule has 1 fully saturated rings. The van der Waals surface area contributed by atoms with Crippen LogP contribution in [0, 0.1) is 0 Å². The molecule has 0 spiro atoms. The molecule has 2 aromatic rings. The summed E-state index contributed by atoms with van der Waals surface area (Å²) in [6.45, 7) is 8.80. The van der Waals surface area contributed by atoms with Crippen molar-refractivity contribution in [3.8, 4) is 11.5 Å². The summed E-state index contributed by atoms with van der Waals surface area (Å²) in [5.41, 5.74) is 1.58. The number of nitrogens with zero attached hydrogens (tertiary/aromatic N) is 1. The van der Waals surface area contributed by atoms with E-state index in [0.29, 0.717) is 51.0 Å². The molecule has 164 valence electrons. The predicted octanol–water partition coefficient (Wildman–Crippen LogP) is 1.57. The predicted molar refractivity (Wildman–Crippen MR) is 115 cm³/mol. The van der Waals surface area contributed by atoms with Crippen molar-refractivity contribution in [1.82, 2.24) is 0 Å². The Balaban J connectivity index is 1.76. The Kier molecular flexibility index (Phi) is 7.98. The molecule has 0 radical (unpaired) electrons. The molecule has 1 saturated heterocycles. The van der Waals surface area contributed by atoms with Crippen LogP contribution in [0.1, 0.15) is 19.6 Å². The van der Waals surface area contributed by atoms with Crippen molar-refractivity contribution >= 4 is 17.3 Å². The van der Waals surface area contributed by atoms with Gasteiger partial charge >= 0.3 is 0 Å². The zero-order valence-electron chi connectivity index (χ0n) is 18.0. The van der Waals surface area contributed by atoms with Gasteiger partial charge in [0.1, 0.15) is 18.0 Å². The molecule has 30 heavy (non-hydrogen) atoms. The minimum atomic E-state index is -0.0958. The number of amides is 1. The monoisotopic (exact) mass is 418 g/mol. The minimum absolute atomic E-state index is 0.0958. The van der Waals surface area contributed by atoms with Gasteiger partial charge in [0.2, 0.25) is 0 Å². The number of hydrogen-bond acceptors (Lipinski definition) is 6. The van der Waals surface area contributed by atoms with Gasteiger partial charge in [-0.2, -0.15) is 0 Å². The number of quaternary nitrogens is 1. The maximum Gasteiger partial charge on any atom is 0.279 e. The molecule has 1 aliphatic heterocycles. The number of morpholine rings is 1. The van der Waals surface area contributed by atoms with Crippen LogP contribution in [0.5, 0.6) is 11.5 Å². The number of carbonyl (C=O) groups excluding carboxylic acids is 1. The third-order valence-corrected chi connectivity index (χ3v) is 4.81. The Morgan fingerprint density at radius 3 is 2.57 bits per heavy atom. The van der Waals surface area contributed by atoms with Crippen molar-refractivity contribution in [2.45, 2.75) is 20.4 Å². The van der Waals surface area contributed by atoms with Gasteiger partial charge in [-0.25, -0.2) is 0 Å². The topological polar surface area (TPSA) is 77.6 Å². The molecule has 1 aromatic carbocycles. The van der Waals surface area contributed by atoms with Crippen LogP contribution in [0.3, 0.4) is 0 Å². The summed E-state index contributed by atoms with van der Waals surface area (Å²) in [6, 6.07) is 7.57. The van der Waals surface area contributed by atoms with Crippen molar-refractivity contribution in [3.63, 3.8) is 0 Å². The third-order valence-electron chi connectivity index (χ3n) is 4.81. The molecule has 2 heterocycles. The first-order chi connectivity index (χ1) is 14.6. The number of likely N-dealkylation sites (N-methyl/N-ethyl adjacent to an activating group) is 1. The molecule has 8 nitrogen and oxygen atoms in total. The molecule has 1 aromatic heterocycles. The van der Waals surface area contributed by atoms with Crippen LogP contribution in [-0.4, -0.2) is 59.0 Å². The van der Waals surface area contributed by atoms with E-state index in [-0.39, 0.29) is 5.91 Å². The van der Waals surface area contributed by atoms with Gasteiger partial charge in [0, 0.05) is 25.2 Å². The quantitative estimate of drug-likeness (QED) is 0.610. The Labute approximate surface area is 177 Å². The second-order valence-corrected chi connectivity index (χ2v) is 7.22. The van der Waals surface area contributed by atoms with Crippen LogP contribution >= 0.6 is 0 Å². The van der Waals surface area contributed by atoms with Crippen molar-refractivity contribution in [2.24, 2.45) is 0 Å². The fourth-order valence-electron chi connectivity index (χ4n) is 3.49. The van der Waals surface area contributed by atoms with E-state index in [2.05, 4.69) is 10.2 Å². The smallest absolute Gasteiger partial charge is 0.279 e. The largest absolute Gasteiger partial charge is 0.492 e. The molecule has 0 aliphatic carbocycles. The van der Waals surface area contributed by atoms with Gasteiger partial charge in [0.15, 0.2) is 12.3 Å². The molecule has 1 unspecified atom stereocenters. The van der Waals surface area contributed by atoms with Gasteiger partial charge in [-0.3, -0.25) is 4.79 Å². The first-order valence-electron chi connectivity index (χ1n) is 10.5. The molecule has 1 amide bonds. The fourth-order valence-corrected chi connectivity index (χ4v) is 3.49. The van der Waals surface area contributed by atoms with Gasteiger partial charge in [-0.05, 0) is 26.0 Å². The highest BCUT2D eigenvalue weighted by atomic mass is 16.5. The number of anilines is 2. The van der Waals surface area contributed by atoms with Crippen molar-refractivity contribution < 1.29 is 28.3 Å². The van der Waals surface area contributed by atoms with E-state index in [1.807, 2.05) is 45.2 Å². The molecule has 8 heteroatoms. The van der Waals surface area contributed by atoms with E-state index >= 15 is 0 Å². The van der Waals surface area contributed by atoms with Gasteiger partial charge in [-0.15, -0.1) is 0 Å². The standard InChI is InChI=1S/C22H31N3O5/c1-4-28-20-14-19(25-8-11-27-12-9-25)21(29-5-2)13-18(20)23-22(26)16-24(3)15-17-7-6-10-30-17/h6-7,10,13-14H,4-5,8-9,11-12,15-16H2,1-3H3,(H,23,26)/p+1. The average molecular weight is 419 g/mol. The summed E-state index contributed by atoms with van der Waals surface area (Å²) >= 11 is 0. The Bertz CT molecular complexity index is 803. The molecule has 0 saturated carbocycles. The van der Waals surface area contributed by atoms with Gasteiger partial charge in [0.05, 0.1) is 51.1 Å². The average Bonchev–Trinajstić information content (AvgIpc) is 3.23. The van der Waals surface area contributed by atoms with Crippen LogP contribution in [0.15, 0.2) is 34.9 Å². The summed E-state index contributed by atoms with van der Waals surface area (Å²) in [5.74, 6) is 2.12. The van der Waals surface area contributed by atoms with Gasteiger partial charge < -0.3 is 33.7 Å². The first-order valence-corrected chi connectivity index (χ1v) is 10.5. The van der Waals surface area contributed by atoms with Crippen LogP contribution in [0.25, 0.3) is 0 Å². The van der Waals surface area contributed by atoms with Crippen molar-refractivity contribution in [2.75, 3.05) is 63.3 Å². The van der Waals surface area contributed by atoms with E-state index in [1.54, 1.807) is 6.26 Å². The molecule has 1 atom stereocenters. The maximum atomic E-state index is 12.7. The van der Waals surface area contributed by atoms with E-state index in [9.17, 15) is 4.79 Å². The molecule has 2 N–H and O–H groups in total. The van der Waals surface area contributed by atoms with Crippen molar-refractivity contribution in [1.29, 1.82) is 0 Å². The lowest BCUT2D eigenvalue weighted by molar-refractivity contribution is -0.886. The highest BCUT2D eigenvalue weighted by Gasteiger charge is 2.21. The number of ether oxygens (including phenoxy) is 3. The second-order valence-electron chi connectivity index (χ2n) is 7.22. The zero-order valence-corrected chi connectivity index (χ0v) is 18.0. The molecular weight excluding hydrogens is 386 g/mol. The van der Waals surface area contributed by atoms with E-state index < -0.39 is 0 Å². The normalized spacial score (nSPS) is 15.0. The van der Waals surface area contributed by atoms with Crippen molar-refractivity contribution in [3.05, 3.63) is 36.3 Å². The number of rotatable bonds is 10. The fraction of sp³-hybridized carbons (Fsp3) is 0.500. The summed E-state index contributed by atoms with van der Waals surface area (Å²) in [7, 11) is 1.96. The van der Waals surface area contributed by atoms with Crippen LogP contribution in [0.4, 0.5) is 11.4 Å². The number of benzene rings is 1. The van der Waals surface area contributed by atoms with E-state index in [1.165, 1.54) is 0 Å². The number of nitrogens with one attached hydrogen (secondary N) is 2. The van der Waals surface area contributed by atoms with Crippen LogP contribution in [-0.2, 0) is 16.1 Å². The number of carbonyl (C=O) groups is 1. The number of hydrogen-bond donors (Lipinski definition) is 2. The summed E-state index contributed by atoms with van der Waals surface area (Å²) in [6.07, 6.45) is 1.64. The summed E-state index contributed by atoms with van der Waals surface area (Å²) < 4.78 is 22.6. The molecular formula is C22H32N3O5+. The highest BCUT2D eigenvalue weighted by Crippen LogP contribution is 2.39. The second kappa shape index (κ2) is 10.9. The molecule has 3 rings (SSSR count). The highest BCUT2D eigenvalue weighted by molar-refractivity contribution is 5.94. The number of furan rings is 1. The Morgan fingerprint density at radius 1 is 1.17 bits per heavy atom. The Morgan fingerprint density at radius 2 is 1.90 bits per heavy atom. The van der Waals surface area contributed by atoms with Gasteiger partial charge in [-0.1, -0.05) is 0 Å². The lowest BCUT2D eigenvalue weighted by atomic mass is 10.2. The first kappa shape index (κ1) is 22.0. The third kappa shape index (κ3) is 5.90. The van der Waals surface area contributed by atoms with Crippen LogP contribution in [0.2, 0.25) is 0 Å². The maximum absolute atomic E-state index is 12.7. The van der Waals surface area contributed by atoms with E-state index in [4.69, 9.17) is 18.6 Å². The lowest BCUT2D eigenvalue weighted by Crippen LogP contribution is -3.08. The van der Waals surface area contributed by atoms with E-state index in [0.717, 1.165) is 35.2 Å². The summed E-state index contributed by atoms with van der Waals surface area (Å²) in [5, 5.41) is 3.00. The van der Waals surface area contributed by atoms with Crippen LogP contribution < -0.4 is 24.6 Å². The lowest BCUT2D eigenvalue weighted by Gasteiger charge is -2.31. The molecule has 0 bridgehead atoms. The summed E-state index contributed by atoms with van der Waals surface area (Å²) in [4.78, 5) is 15.9.